The van der Waals surface area contributed by atoms with Crippen LogP contribution in [-0.4, -0.2) is 31.8 Å². The Labute approximate surface area is 122 Å². The summed E-state index contributed by atoms with van der Waals surface area (Å²) in [7, 11) is 1.74. The van der Waals surface area contributed by atoms with Crippen LogP contribution in [0.2, 0.25) is 0 Å². The van der Waals surface area contributed by atoms with E-state index in [4.69, 9.17) is 4.74 Å². The van der Waals surface area contributed by atoms with Crippen molar-refractivity contribution in [2.45, 2.75) is 51.1 Å². The number of benzene rings is 1. The molecule has 2 fully saturated rings. The summed E-state index contributed by atoms with van der Waals surface area (Å²) >= 11 is 0. The lowest BCUT2D eigenvalue weighted by atomic mass is 9.92. The second kappa shape index (κ2) is 5.28. The van der Waals surface area contributed by atoms with Gasteiger partial charge < -0.3 is 15.0 Å². The van der Waals surface area contributed by atoms with Crippen molar-refractivity contribution in [1.82, 2.24) is 5.32 Å². The standard InChI is InChI=1S/C17H26N2O/c1-13-10-15(6-7-16(13)20-3)19-12-17(8-4-5-9-17)18-11-14(19)2/h6-7,10,14,18H,4-5,8-9,11-12H2,1-3H3. The van der Waals surface area contributed by atoms with Gasteiger partial charge in [-0.3, -0.25) is 0 Å². The molecule has 0 bridgehead atoms. The molecule has 2 aliphatic rings. The van der Waals surface area contributed by atoms with E-state index in [1.54, 1.807) is 7.11 Å². The second-order valence-corrected chi connectivity index (χ2v) is 6.50. The first-order chi connectivity index (χ1) is 9.63. The van der Waals surface area contributed by atoms with E-state index in [1.807, 2.05) is 0 Å². The lowest BCUT2D eigenvalue weighted by molar-refractivity contribution is 0.276. The molecular formula is C17H26N2O. The van der Waals surface area contributed by atoms with Gasteiger partial charge in [0.25, 0.3) is 0 Å². The average Bonchev–Trinajstić information content (AvgIpc) is 2.90. The van der Waals surface area contributed by atoms with Crippen LogP contribution in [0.4, 0.5) is 5.69 Å². The Bertz CT molecular complexity index is 480. The molecule has 20 heavy (non-hydrogen) atoms. The first kappa shape index (κ1) is 13.7. The van der Waals surface area contributed by atoms with Gasteiger partial charge >= 0.3 is 0 Å². The van der Waals surface area contributed by atoms with Crippen LogP contribution < -0.4 is 15.0 Å². The number of anilines is 1. The van der Waals surface area contributed by atoms with Crippen LogP contribution in [-0.2, 0) is 0 Å². The van der Waals surface area contributed by atoms with Crippen molar-refractivity contribution >= 4 is 5.69 Å². The summed E-state index contributed by atoms with van der Waals surface area (Å²) in [6, 6.07) is 7.12. The third-order valence-corrected chi connectivity index (χ3v) is 5.05. The minimum Gasteiger partial charge on any atom is -0.496 e. The lowest BCUT2D eigenvalue weighted by Gasteiger charge is -2.46. The zero-order chi connectivity index (χ0) is 14.2. The molecule has 3 nitrogen and oxygen atoms in total. The summed E-state index contributed by atoms with van der Waals surface area (Å²) in [5.74, 6) is 0.979. The summed E-state index contributed by atoms with van der Waals surface area (Å²) in [6.07, 6.45) is 5.39. The molecule has 1 saturated heterocycles. The normalized spacial score (nSPS) is 25.1. The van der Waals surface area contributed by atoms with Gasteiger partial charge in [0.2, 0.25) is 0 Å². The van der Waals surface area contributed by atoms with Crippen LogP contribution in [0.15, 0.2) is 18.2 Å². The summed E-state index contributed by atoms with van der Waals surface area (Å²) in [5, 5.41) is 3.81. The van der Waals surface area contributed by atoms with Crippen molar-refractivity contribution in [3.05, 3.63) is 23.8 Å². The van der Waals surface area contributed by atoms with Crippen LogP contribution in [0.3, 0.4) is 0 Å². The predicted molar refractivity (Wildman–Crippen MR) is 83.7 cm³/mol. The fraction of sp³-hybridized carbons (Fsp3) is 0.647. The highest BCUT2D eigenvalue weighted by atomic mass is 16.5. The molecule has 1 atom stereocenters. The van der Waals surface area contributed by atoms with E-state index in [9.17, 15) is 0 Å². The Morgan fingerprint density at radius 2 is 2.05 bits per heavy atom. The molecule has 3 rings (SSSR count). The maximum Gasteiger partial charge on any atom is 0.121 e. The number of nitrogens with one attached hydrogen (secondary N) is 1. The molecule has 1 aliphatic heterocycles. The van der Waals surface area contributed by atoms with Gasteiger partial charge in [0.05, 0.1) is 7.11 Å². The van der Waals surface area contributed by atoms with Gasteiger partial charge in [-0.2, -0.15) is 0 Å². The van der Waals surface area contributed by atoms with Crippen molar-refractivity contribution in [1.29, 1.82) is 0 Å². The fourth-order valence-corrected chi connectivity index (χ4v) is 3.79. The predicted octanol–water partition coefficient (Wildman–Crippen LogP) is 3.11. The third kappa shape index (κ3) is 2.39. The SMILES string of the molecule is COc1ccc(N2CC3(CCCC3)NCC2C)cc1C. The first-order valence-corrected chi connectivity index (χ1v) is 7.80. The molecule has 0 aromatic heterocycles. The molecule has 3 heteroatoms. The van der Waals surface area contributed by atoms with Crippen LogP contribution in [0, 0.1) is 6.92 Å². The maximum atomic E-state index is 5.38. The second-order valence-electron chi connectivity index (χ2n) is 6.50. The number of ether oxygens (including phenoxy) is 1. The highest BCUT2D eigenvalue weighted by Crippen LogP contribution is 2.35. The largest absolute Gasteiger partial charge is 0.496 e. The molecule has 1 aromatic rings. The van der Waals surface area contributed by atoms with Gasteiger partial charge in [-0.05, 0) is 50.5 Å². The Hall–Kier alpha value is -1.22. The summed E-state index contributed by atoms with van der Waals surface area (Å²) in [6.45, 7) is 6.67. The van der Waals surface area contributed by atoms with Gasteiger partial charge in [-0.1, -0.05) is 12.8 Å². The van der Waals surface area contributed by atoms with Gasteiger partial charge in [0, 0.05) is 30.4 Å². The van der Waals surface area contributed by atoms with Crippen molar-refractivity contribution in [3.8, 4) is 5.75 Å². The number of piperazine rings is 1. The molecule has 1 aliphatic carbocycles. The van der Waals surface area contributed by atoms with Crippen molar-refractivity contribution in [2.75, 3.05) is 25.1 Å². The van der Waals surface area contributed by atoms with Gasteiger partial charge in [-0.25, -0.2) is 0 Å². The lowest BCUT2D eigenvalue weighted by Crippen LogP contribution is -2.62. The number of rotatable bonds is 2. The molecule has 110 valence electrons. The zero-order valence-corrected chi connectivity index (χ0v) is 12.9. The average molecular weight is 274 g/mol. The molecular weight excluding hydrogens is 248 g/mol. The number of hydrogen-bond donors (Lipinski definition) is 1. The molecule has 1 N–H and O–H groups in total. The number of aryl methyl sites for hydroxylation is 1. The van der Waals surface area contributed by atoms with Gasteiger partial charge in [-0.15, -0.1) is 0 Å². The van der Waals surface area contributed by atoms with E-state index >= 15 is 0 Å². The fourth-order valence-electron chi connectivity index (χ4n) is 3.79. The van der Waals surface area contributed by atoms with Crippen LogP contribution in [0.5, 0.6) is 5.75 Å². The van der Waals surface area contributed by atoms with E-state index in [2.05, 4.69) is 42.3 Å². The molecule has 0 amide bonds. The maximum absolute atomic E-state index is 5.38. The minimum absolute atomic E-state index is 0.361. The topological polar surface area (TPSA) is 24.5 Å². The first-order valence-electron chi connectivity index (χ1n) is 7.80. The molecule has 0 radical (unpaired) electrons. The Morgan fingerprint density at radius 1 is 1.30 bits per heavy atom. The quantitative estimate of drug-likeness (QED) is 0.897. The zero-order valence-electron chi connectivity index (χ0n) is 12.9. The number of methoxy groups -OCH3 is 1. The molecule has 1 aromatic carbocycles. The van der Waals surface area contributed by atoms with E-state index in [1.165, 1.54) is 36.9 Å². The van der Waals surface area contributed by atoms with Gasteiger partial charge in [0.1, 0.15) is 5.75 Å². The highest BCUT2D eigenvalue weighted by molar-refractivity contribution is 5.54. The van der Waals surface area contributed by atoms with Crippen molar-refractivity contribution in [3.63, 3.8) is 0 Å². The van der Waals surface area contributed by atoms with Crippen molar-refractivity contribution < 1.29 is 4.74 Å². The highest BCUT2D eigenvalue weighted by Gasteiger charge is 2.39. The monoisotopic (exact) mass is 274 g/mol. The van der Waals surface area contributed by atoms with E-state index in [0.717, 1.165) is 18.8 Å². The van der Waals surface area contributed by atoms with Crippen molar-refractivity contribution in [2.24, 2.45) is 0 Å². The smallest absolute Gasteiger partial charge is 0.121 e. The summed E-state index contributed by atoms with van der Waals surface area (Å²) in [4.78, 5) is 2.58. The number of nitrogens with zero attached hydrogens (tertiary/aromatic N) is 1. The van der Waals surface area contributed by atoms with Gasteiger partial charge in [0.15, 0.2) is 0 Å². The Kier molecular flexibility index (Phi) is 3.63. The van der Waals surface area contributed by atoms with Crippen LogP contribution in [0.1, 0.15) is 38.2 Å². The Balaban J connectivity index is 1.85. The molecule has 1 saturated carbocycles. The molecule has 1 unspecified atom stereocenters. The molecule has 1 spiro atoms. The van der Waals surface area contributed by atoms with Crippen LogP contribution >= 0.6 is 0 Å². The minimum atomic E-state index is 0.361. The van der Waals surface area contributed by atoms with Crippen LogP contribution in [0.25, 0.3) is 0 Å². The third-order valence-electron chi connectivity index (χ3n) is 5.05. The summed E-state index contributed by atoms with van der Waals surface area (Å²) < 4.78 is 5.38. The number of hydrogen-bond acceptors (Lipinski definition) is 3. The summed E-state index contributed by atoms with van der Waals surface area (Å²) in [5.41, 5.74) is 2.92. The van der Waals surface area contributed by atoms with E-state index < -0.39 is 0 Å². The molecule has 1 heterocycles. The van der Waals surface area contributed by atoms with E-state index in [-0.39, 0.29) is 0 Å². The van der Waals surface area contributed by atoms with E-state index in [0.29, 0.717) is 11.6 Å². The Morgan fingerprint density at radius 3 is 2.70 bits per heavy atom.